The van der Waals surface area contributed by atoms with Crippen LogP contribution < -0.4 is 14.8 Å². The molecule has 3 heterocycles. The lowest BCUT2D eigenvalue weighted by Gasteiger charge is -2.39. The summed E-state index contributed by atoms with van der Waals surface area (Å²) in [6.07, 6.45) is 2.55. The second kappa shape index (κ2) is 12.1. The van der Waals surface area contributed by atoms with Crippen LogP contribution >= 0.6 is 23.2 Å². The predicted molar refractivity (Wildman–Crippen MR) is 165 cm³/mol. The second-order valence-electron chi connectivity index (χ2n) is 12.9. The molecule has 0 aliphatic carbocycles. The van der Waals surface area contributed by atoms with Crippen LogP contribution in [0.4, 0.5) is 25.5 Å². The Hall–Kier alpha value is -3.57. The Morgan fingerprint density at radius 1 is 0.955 bits per heavy atom. The van der Waals surface area contributed by atoms with Gasteiger partial charge < -0.3 is 29.2 Å². The van der Waals surface area contributed by atoms with Gasteiger partial charge in [-0.2, -0.15) is 0 Å². The third-order valence-corrected chi connectivity index (χ3v) is 7.94. The van der Waals surface area contributed by atoms with E-state index in [9.17, 15) is 14.0 Å². The van der Waals surface area contributed by atoms with Crippen LogP contribution in [0, 0.1) is 5.82 Å². The molecule has 2 saturated heterocycles. The van der Waals surface area contributed by atoms with E-state index < -0.39 is 23.2 Å². The molecular weight excluding hydrogens is 614 g/mol. The molecule has 0 saturated carbocycles. The third kappa shape index (κ3) is 7.21. The van der Waals surface area contributed by atoms with E-state index in [1.807, 2.05) is 25.7 Å². The van der Waals surface area contributed by atoms with E-state index in [0.717, 1.165) is 12.8 Å². The van der Waals surface area contributed by atoms with Crippen molar-refractivity contribution in [3.8, 4) is 11.5 Å². The molecule has 1 N–H and O–H groups in total. The summed E-state index contributed by atoms with van der Waals surface area (Å²) in [7, 11) is 0. The van der Waals surface area contributed by atoms with Crippen LogP contribution in [0.3, 0.4) is 0 Å². The molecule has 44 heavy (non-hydrogen) atoms. The highest BCUT2D eigenvalue weighted by Gasteiger charge is 2.46. The molecule has 0 radical (unpaired) electrons. The average Bonchev–Trinajstić information content (AvgIpc) is 3.18. The molecule has 5 rings (SSSR count). The van der Waals surface area contributed by atoms with E-state index in [-0.39, 0.29) is 57.3 Å². The van der Waals surface area contributed by atoms with Gasteiger partial charge in [-0.3, -0.25) is 0 Å². The minimum Gasteiger partial charge on any atom is -0.486 e. The number of nitrogens with one attached hydrogen (secondary N) is 1. The summed E-state index contributed by atoms with van der Waals surface area (Å²) in [6, 6.07) is 5.98. The van der Waals surface area contributed by atoms with Crippen LogP contribution in [0.15, 0.2) is 30.6 Å². The smallest absolute Gasteiger partial charge is 0.486 e. The number of anilines is 2. The van der Waals surface area contributed by atoms with Crippen molar-refractivity contribution in [1.82, 2.24) is 14.9 Å². The topological polar surface area (TPSA) is 112 Å². The van der Waals surface area contributed by atoms with Gasteiger partial charge in [0.25, 0.3) is 0 Å². The van der Waals surface area contributed by atoms with Gasteiger partial charge in [0, 0.05) is 36.4 Å². The molecule has 1 aromatic heterocycles. The maximum Gasteiger partial charge on any atom is 0.514 e. The first-order valence-corrected chi connectivity index (χ1v) is 15.1. The minimum absolute atomic E-state index is 0.0533. The fourth-order valence-corrected chi connectivity index (χ4v) is 5.77. The van der Waals surface area contributed by atoms with Gasteiger partial charge in [0.15, 0.2) is 17.3 Å². The Morgan fingerprint density at radius 2 is 1.61 bits per heavy atom. The fourth-order valence-electron chi connectivity index (χ4n) is 5.46. The Balaban J connectivity index is 1.46. The number of carbonyl (C=O) groups is 2. The number of piperidine rings is 1. The summed E-state index contributed by atoms with van der Waals surface area (Å²) in [4.78, 5) is 36.1. The summed E-state index contributed by atoms with van der Waals surface area (Å²) in [6.45, 7) is 10.7. The summed E-state index contributed by atoms with van der Waals surface area (Å²) in [5, 5.41) is 3.28. The van der Waals surface area contributed by atoms with Gasteiger partial charge >= 0.3 is 12.2 Å². The van der Waals surface area contributed by atoms with Crippen molar-refractivity contribution in [2.75, 3.05) is 5.32 Å². The van der Waals surface area contributed by atoms with Crippen LogP contribution in [0.1, 0.15) is 67.2 Å². The Bertz CT molecular complexity index is 1580. The van der Waals surface area contributed by atoms with Gasteiger partial charge in [-0.1, -0.05) is 23.2 Å². The first-order valence-electron chi connectivity index (χ1n) is 14.4. The highest BCUT2D eigenvalue weighted by molar-refractivity contribution is 6.42. The molecule has 1 unspecified atom stereocenters. The van der Waals surface area contributed by atoms with Crippen molar-refractivity contribution in [3.63, 3.8) is 0 Å². The molecule has 2 aliphatic rings. The first-order chi connectivity index (χ1) is 20.6. The largest absolute Gasteiger partial charge is 0.514 e. The SMILES string of the molecule is CC(C)(C)OC(=O)Oc1cc2ncnc(Nc3ccc(Cl)c(Cl)c3F)c2cc1OC1C[C@H]2CC[C@@H](C1)N2C(=O)OC(C)(C)C. The number of rotatable bonds is 5. The molecule has 3 aromatic rings. The Kier molecular flexibility index (Phi) is 8.74. The number of amides is 1. The van der Waals surface area contributed by atoms with E-state index in [0.29, 0.717) is 23.7 Å². The zero-order valence-electron chi connectivity index (χ0n) is 25.4. The molecule has 13 heteroatoms. The van der Waals surface area contributed by atoms with Gasteiger partial charge in [-0.05, 0) is 72.6 Å². The molecule has 2 bridgehead atoms. The van der Waals surface area contributed by atoms with Gasteiger partial charge in [0.1, 0.15) is 29.5 Å². The molecule has 2 aromatic carbocycles. The van der Waals surface area contributed by atoms with Crippen molar-refractivity contribution in [2.24, 2.45) is 0 Å². The molecular formula is C31H35Cl2FN4O6. The maximum absolute atomic E-state index is 14.9. The minimum atomic E-state index is -0.910. The monoisotopic (exact) mass is 648 g/mol. The Labute approximate surface area is 265 Å². The standard InChI is InChI=1S/C31H35Cl2FN4O6/c1-30(2,3)43-28(39)38-16-7-8-17(38)12-18(11-16)41-23-13-19-22(14-24(23)42-29(40)44-31(4,5)6)35-15-36-27(19)37-21-10-9-20(32)25(33)26(21)34/h9-10,13-18H,7-8,11-12H2,1-6H3,(H,35,36,37)/t16-,17+,18?. The number of benzene rings is 2. The number of fused-ring (bicyclic) bond motifs is 3. The zero-order chi connectivity index (χ0) is 32.0. The lowest BCUT2D eigenvalue weighted by atomic mass is 10.00. The molecule has 2 aliphatic heterocycles. The fraction of sp³-hybridized carbons (Fsp3) is 0.484. The van der Waals surface area contributed by atoms with Crippen molar-refractivity contribution in [3.05, 3.63) is 46.5 Å². The van der Waals surface area contributed by atoms with Crippen LogP contribution in [0.25, 0.3) is 10.9 Å². The van der Waals surface area contributed by atoms with Crippen molar-refractivity contribution in [1.29, 1.82) is 0 Å². The van der Waals surface area contributed by atoms with E-state index >= 15 is 0 Å². The average molecular weight is 650 g/mol. The van der Waals surface area contributed by atoms with Crippen molar-refractivity contribution >= 4 is 57.9 Å². The highest BCUT2D eigenvalue weighted by Crippen LogP contribution is 2.42. The lowest BCUT2D eigenvalue weighted by molar-refractivity contribution is -0.00820. The summed E-state index contributed by atoms with van der Waals surface area (Å²) < 4.78 is 38.0. The van der Waals surface area contributed by atoms with E-state index in [1.54, 1.807) is 26.8 Å². The van der Waals surface area contributed by atoms with Crippen LogP contribution in [0.5, 0.6) is 11.5 Å². The Morgan fingerprint density at radius 3 is 2.25 bits per heavy atom. The number of halogens is 3. The number of hydrogen-bond donors (Lipinski definition) is 1. The third-order valence-electron chi connectivity index (χ3n) is 7.16. The first kappa shape index (κ1) is 31.8. The number of aromatic nitrogens is 2. The number of hydrogen-bond acceptors (Lipinski definition) is 9. The molecule has 0 spiro atoms. The molecule has 236 valence electrons. The van der Waals surface area contributed by atoms with Crippen LogP contribution in [-0.4, -0.2) is 56.5 Å². The van der Waals surface area contributed by atoms with Crippen molar-refractivity contribution in [2.45, 2.75) is 96.6 Å². The van der Waals surface area contributed by atoms with E-state index in [2.05, 4.69) is 15.3 Å². The van der Waals surface area contributed by atoms with Crippen LogP contribution in [-0.2, 0) is 9.47 Å². The molecule has 3 atom stereocenters. The number of ether oxygens (including phenoxy) is 4. The highest BCUT2D eigenvalue weighted by atomic mass is 35.5. The quantitative estimate of drug-likeness (QED) is 0.165. The zero-order valence-corrected chi connectivity index (χ0v) is 26.9. The molecule has 1 amide bonds. The second-order valence-corrected chi connectivity index (χ2v) is 13.7. The van der Waals surface area contributed by atoms with E-state index in [4.69, 9.17) is 42.1 Å². The van der Waals surface area contributed by atoms with Gasteiger partial charge in [0.2, 0.25) is 0 Å². The summed E-state index contributed by atoms with van der Waals surface area (Å²) in [5.74, 6) is -0.134. The van der Waals surface area contributed by atoms with Gasteiger partial charge in [-0.15, -0.1) is 0 Å². The maximum atomic E-state index is 14.9. The normalized spacial score (nSPS) is 19.9. The number of carbonyl (C=O) groups excluding carboxylic acids is 2. The number of nitrogens with zero attached hydrogens (tertiary/aromatic N) is 3. The molecule has 10 nitrogen and oxygen atoms in total. The van der Waals surface area contributed by atoms with Crippen molar-refractivity contribution < 1.29 is 32.9 Å². The predicted octanol–water partition coefficient (Wildman–Crippen LogP) is 8.44. The lowest BCUT2D eigenvalue weighted by Crippen LogP contribution is -2.50. The van der Waals surface area contributed by atoms with Gasteiger partial charge in [0.05, 0.1) is 21.2 Å². The van der Waals surface area contributed by atoms with Gasteiger partial charge in [-0.25, -0.2) is 23.9 Å². The summed E-state index contributed by atoms with van der Waals surface area (Å²) in [5.41, 5.74) is -0.932. The summed E-state index contributed by atoms with van der Waals surface area (Å²) >= 11 is 12.0. The van der Waals surface area contributed by atoms with Crippen LogP contribution in [0.2, 0.25) is 10.0 Å². The van der Waals surface area contributed by atoms with E-state index in [1.165, 1.54) is 24.5 Å². The molecule has 2 fully saturated rings.